The zero-order valence-corrected chi connectivity index (χ0v) is 16.9. The summed E-state index contributed by atoms with van der Waals surface area (Å²) in [6.45, 7) is 10.2. The topological polar surface area (TPSA) is 32.7 Å². The molecule has 7 fully saturated rings. The van der Waals surface area contributed by atoms with Crippen LogP contribution in [0.15, 0.2) is 12.2 Å². The average molecular weight is 380 g/mol. The molecule has 8 atom stereocenters. The summed E-state index contributed by atoms with van der Waals surface area (Å²) in [7, 11) is 0. The van der Waals surface area contributed by atoms with Gasteiger partial charge in [0.05, 0.1) is 12.7 Å². The van der Waals surface area contributed by atoms with Crippen molar-refractivity contribution < 1.29 is 9.84 Å². The van der Waals surface area contributed by atoms with Crippen molar-refractivity contribution in [2.24, 2.45) is 34.0 Å². The van der Waals surface area contributed by atoms with Crippen molar-refractivity contribution in [3.8, 4) is 0 Å². The van der Waals surface area contributed by atoms with Crippen LogP contribution in [-0.2, 0) is 4.74 Å². The van der Waals surface area contributed by atoms with Crippen LogP contribution >= 0.6 is 12.4 Å². The third-order valence-corrected chi connectivity index (χ3v) is 10.00. The molecule has 4 bridgehead atoms. The molecule has 26 heavy (non-hydrogen) atoms. The van der Waals surface area contributed by atoms with Gasteiger partial charge in [-0.05, 0) is 73.7 Å². The van der Waals surface area contributed by atoms with Crippen LogP contribution in [0.2, 0.25) is 0 Å². The third-order valence-electron chi connectivity index (χ3n) is 10.00. The average Bonchev–Trinajstić information content (AvgIpc) is 3.06. The van der Waals surface area contributed by atoms with Crippen LogP contribution in [-0.4, -0.2) is 42.0 Å². The molecular weight excluding hydrogens is 346 g/mol. The normalized spacial score (nSPS) is 57.8. The first-order valence-corrected chi connectivity index (χ1v) is 10.7. The Morgan fingerprint density at radius 2 is 1.96 bits per heavy atom. The van der Waals surface area contributed by atoms with Crippen molar-refractivity contribution in [2.75, 3.05) is 19.7 Å². The largest absolute Gasteiger partial charge is 0.388 e. The molecule has 7 rings (SSSR count). The minimum absolute atomic E-state index is 0. The number of ether oxygens (including phenoxy) is 1. The van der Waals surface area contributed by atoms with E-state index in [1.54, 1.807) is 0 Å². The second-order valence-electron chi connectivity index (χ2n) is 10.6. The van der Waals surface area contributed by atoms with E-state index in [9.17, 15) is 5.11 Å². The van der Waals surface area contributed by atoms with Gasteiger partial charge in [0.1, 0.15) is 6.23 Å². The highest BCUT2D eigenvalue weighted by molar-refractivity contribution is 5.85. The molecule has 146 valence electrons. The van der Waals surface area contributed by atoms with Gasteiger partial charge in [-0.15, -0.1) is 12.4 Å². The van der Waals surface area contributed by atoms with Crippen molar-refractivity contribution >= 4 is 12.4 Å². The lowest BCUT2D eigenvalue weighted by atomic mass is 9.34. The fourth-order valence-electron chi connectivity index (χ4n) is 9.23. The molecular formula is C22H34ClNO2. The smallest absolute Gasteiger partial charge is 0.117 e. The van der Waals surface area contributed by atoms with Gasteiger partial charge in [-0.3, -0.25) is 4.90 Å². The summed E-state index contributed by atoms with van der Waals surface area (Å²) in [5.74, 6) is 1.99. The van der Waals surface area contributed by atoms with Gasteiger partial charge in [0, 0.05) is 23.9 Å². The fraction of sp³-hybridized carbons (Fsp3) is 0.909. The number of aliphatic hydroxyl groups is 1. The van der Waals surface area contributed by atoms with E-state index < -0.39 is 0 Å². The van der Waals surface area contributed by atoms with Crippen LogP contribution < -0.4 is 0 Å². The molecule has 1 N–H and O–H groups in total. The lowest BCUT2D eigenvalue weighted by Gasteiger charge is -2.73. The summed E-state index contributed by atoms with van der Waals surface area (Å²) >= 11 is 0. The van der Waals surface area contributed by atoms with E-state index in [2.05, 4.69) is 18.4 Å². The molecule has 0 aromatic heterocycles. The maximum Gasteiger partial charge on any atom is 0.117 e. The monoisotopic (exact) mass is 379 g/mol. The number of hydrogen-bond acceptors (Lipinski definition) is 3. The Morgan fingerprint density at radius 3 is 2.81 bits per heavy atom. The number of hydrogen-bond donors (Lipinski definition) is 1. The van der Waals surface area contributed by atoms with E-state index in [4.69, 9.17) is 4.74 Å². The second kappa shape index (κ2) is 5.49. The van der Waals surface area contributed by atoms with E-state index in [0.29, 0.717) is 28.9 Å². The number of piperidine rings is 1. The molecule has 3 nitrogen and oxygen atoms in total. The first kappa shape index (κ1) is 18.0. The zero-order chi connectivity index (χ0) is 17.0. The Balaban J connectivity index is 0.00000150. The molecule has 2 aliphatic heterocycles. The van der Waals surface area contributed by atoms with Crippen LogP contribution in [0, 0.1) is 34.0 Å². The molecule has 0 aromatic carbocycles. The summed E-state index contributed by atoms with van der Waals surface area (Å²) in [4.78, 5) is 2.69. The molecule has 0 radical (unpaired) electrons. The number of fused-ring (bicyclic) bond motifs is 3. The van der Waals surface area contributed by atoms with Gasteiger partial charge in [-0.2, -0.15) is 0 Å². The molecule has 1 spiro atoms. The van der Waals surface area contributed by atoms with Crippen molar-refractivity contribution in [2.45, 2.75) is 70.6 Å². The first-order chi connectivity index (χ1) is 12.0. The molecule has 2 saturated heterocycles. The summed E-state index contributed by atoms with van der Waals surface area (Å²) in [6, 6.07) is 0. The van der Waals surface area contributed by atoms with Gasteiger partial charge in [-0.25, -0.2) is 0 Å². The molecule has 2 heterocycles. The highest BCUT2D eigenvalue weighted by atomic mass is 35.5. The quantitative estimate of drug-likeness (QED) is 0.646. The molecule has 5 aliphatic carbocycles. The molecule has 0 aromatic rings. The second-order valence-corrected chi connectivity index (χ2v) is 10.6. The van der Waals surface area contributed by atoms with Crippen molar-refractivity contribution in [3.63, 3.8) is 0 Å². The SMILES string of the molecule is C=C1[C@H]2CC[C@@]3(CC[C@@H]4[C@@]5(C)CCC[C@@]4([C@@H]4OCCN4C5)[C@@H]3C2)[C@@H]1O.Cl. The van der Waals surface area contributed by atoms with E-state index in [1.165, 1.54) is 57.9 Å². The first-order valence-electron chi connectivity index (χ1n) is 10.7. The van der Waals surface area contributed by atoms with E-state index >= 15 is 0 Å². The van der Waals surface area contributed by atoms with E-state index in [1.807, 2.05) is 0 Å². The van der Waals surface area contributed by atoms with E-state index in [-0.39, 0.29) is 23.9 Å². The highest BCUT2D eigenvalue weighted by Crippen LogP contribution is 2.75. The lowest BCUT2D eigenvalue weighted by molar-refractivity contribution is -0.290. The molecule has 4 heteroatoms. The lowest BCUT2D eigenvalue weighted by Crippen LogP contribution is -2.73. The van der Waals surface area contributed by atoms with Crippen molar-refractivity contribution in [3.05, 3.63) is 12.2 Å². The van der Waals surface area contributed by atoms with Crippen LogP contribution in [0.25, 0.3) is 0 Å². The third kappa shape index (κ3) is 1.83. The van der Waals surface area contributed by atoms with Gasteiger partial charge < -0.3 is 9.84 Å². The van der Waals surface area contributed by atoms with Crippen LogP contribution in [0.4, 0.5) is 0 Å². The van der Waals surface area contributed by atoms with Gasteiger partial charge in [0.15, 0.2) is 0 Å². The van der Waals surface area contributed by atoms with Gasteiger partial charge >= 0.3 is 0 Å². The fourth-order valence-corrected chi connectivity index (χ4v) is 9.23. The van der Waals surface area contributed by atoms with Crippen LogP contribution in [0.1, 0.15) is 58.3 Å². The summed E-state index contributed by atoms with van der Waals surface area (Å²) in [6.07, 6.45) is 10.4. The van der Waals surface area contributed by atoms with Crippen LogP contribution in [0.3, 0.4) is 0 Å². The maximum atomic E-state index is 11.3. The Hall–Kier alpha value is -0.0900. The van der Waals surface area contributed by atoms with E-state index in [0.717, 1.165) is 24.6 Å². The summed E-state index contributed by atoms with van der Waals surface area (Å²) in [5.41, 5.74) is 2.02. The van der Waals surface area contributed by atoms with Crippen molar-refractivity contribution in [1.29, 1.82) is 0 Å². The Kier molecular flexibility index (Phi) is 3.80. The Bertz CT molecular complexity index is 640. The van der Waals surface area contributed by atoms with Crippen LogP contribution in [0.5, 0.6) is 0 Å². The zero-order valence-electron chi connectivity index (χ0n) is 16.1. The predicted molar refractivity (Wildman–Crippen MR) is 104 cm³/mol. The highest BCUT2D eigenvalue weighted by Gasteiger charge is 2.73. The predicted octanol–water partition coefficient (Wildman–Crippen LogP) is 4.00. The number of halogens is 1. The number of rotatable bonds is 0. The standard InChI is InChI=1S/C22H33NO2.ClH/c1-14-15-4-8-21(18(14)24)9-5-16-20(2)6-3-7-22(16,17(21)12-15)19-23(13-20)10-11-25-19;/h15-19,24H,1,3-13H2,2H3;1H/t15-,16+,17+,18+,19-,20-,21-,22-;/m0./s1. The van der Waals surface area contributed by atoms with Gasteiger partial charge in [0.2, 0.25) is 0 Å². The summed E-state index contributed by atoms with van der Waals surface area (Å²) < 4.78 is 6.49. The minimum atomic E-state index is -0.259. The number of nitrogens with zero attached hydrogens (tertiary/aromatic N) is 1. The molecule has 0 amide bonds. The molecule has 0 unspecified atom stereocenters. The maximum absolute atomic E-state index is 11.3. The Morgan fingerprint density at radius 1 is 1.15 bits per heavy atom. The van der Waals surface area contributed by atoms with Gasteiger partial charge in [-0.1, -0.05) is 19.9 Å². The summed E-state index contributed by atoms with van der Waals surface area (Å²) in [5, 5.41) is 11.3. The molecule has 7 aliphatic rings. The van der Waals surface area contributed by atoms with Crippen molar-refractivity contribution in [1.82, 2.24) is 4.90 Å². The minimum Gasteiger partial charge on any atom is -0.388 e. The number of aliphatic hydroxyl groups excluding tert-OH is 1. The Labute approximate surface area is 163 Å². The molecule has 5 saturated carbocycles. The van der Waals surface area contributed by atoms with Gasteiger partial charge in [0.25, 0.3) is 0 Å².